The maximum atomic E-state index is 13.3. The van der Waals surface area contributed by atoms with Gasteiger partial charge >= 0.3 is 6.09 Å². The van der Waals surface area contributed by atoms with Crippen LogP contribution in [0, 0.1) is 11.3 Å². The monoisotopic (exact) mass is 402 g/mol. The average Bonchev–Trinajstić information content (AvgIpc) is 3.51. The molecule has 156 valence electrons. The number of para-hydroxylation sites is 1. The highest BCUT2D eigenvalue weighted by molar-refractivity contribution is 5.92. The van der Waals surface area contributed by atoms with E-state index in [1.807, 2.05) is 30.3 Å². The van der Waals surface area contributed by atoms with Crippen molar-refractivity contribution in [3.05, 3.63) is 30.3 Å². The number of nitrogens with one attached hydrogen (secondary N) is 1. The fourth-order valence-electron chi connectivity index (χ4n) is 4.68. The molecule has 0 aromatic heterocycles. The van der Waals surface area contributed by atoms with Gasteiger partial charge in [0.2, 0.25) is 11.8 Å². The Morgan fingerprint density at radius 1 is 1.03 bits per heavy atom. The zero-order valence-corrected chi connectivity index (χ0v) is 16.2. The topological polar surface area (TPSA) is 113 Å². The summed E-state index contributed by atoms with van der Waals surface area (Å²) in [7, 11) is 0. The predicted octanol–water partition coefficient (Wildman–Crippen LogP) is 0.989. The van der Waals surface area contributed by atoms with Gasteiger partial charge in [0.15, 0.2) is 0 Å². The van der Waals surface area contributed by atoms with E-state index in [2.05, 4.69) is 4.90 Å². The van der Waals surface area contributed by atoms with Crippen molar-refractivity contribution in [1.82, 2.24) is 15.3 Å². The second-order valence-electron chi connectivity index (χ2n) is 8.29. The molecule has 1 saturated carbocycles. The Labute approximate surface area is 168 Å². The number of hydroxylamine groups is 1. The summed E-state index contributed by atoms with van der Waals surface area (Å²) in [6.45, 7) is 2.44. The van der Waals surface area contributed by atoms with Gasteiger partial charge in [-0.05, 0) is 36.8 Å². The molecule has 9 heteroatoms. The minimum atomic E-state index is -1.20. The van der Waals surface area contributed by atoms with Crippen LogP contribution in [0.25, 0.3) is 0 Å². The number of piperazine rings is 1. The number of piperidine rings is 1. The third kappa shape index (κ3) is 3.74. The van der Waals surface area contributed by atoms with E-state index in [1.165, 1.54) is 0 Å². The van der Waals surface area contributed by atoms with E-state index >= 15 is 0 Å². The maximum absolute atomic E-state index is 13.3. The minimum absolute atomic E-state index is 0.238. The molecule has 3 amide bonds. The van der Waals surface area contributed by atoms with E-state index in [1.54, 1.807) is 10.4 Å². The zero-order valence-electron chi connectivity index (χ0n) is 16.2. The Kier molecular flexibility index (Phi) is 5.08. The van der Waals surface area contributed by atoms with Gasteiger partial charge in [0, 0.05) is 38.4 Å². The first-order valence-electron chi connectivity index (χ1n) is 9.96. The number of amides is 3. The van der Waals surface area contributed by atoms with Gasteiger partial charge in [-0.2, -0.15) is 0 Å². The number of carbonyl (C=O) groups excluding carboxylic acids is 2. The van der Waals surface area contributed by atoms with Crippen molar-refractivity contribution in [2.45, 2.75) is 25.3 Å². The molecule has 29 heavy (non-hydrogen) atoms. The minimum Gasteiger partial charge on any atom is -0.465 e. The molecule has 9 nitrogen and oxygen atoms in total. The number of rotatable bonds is 3. The number of nitrogens with zero attached hydrogens (tertiary/aromatic N) is 3. The number of carbonyl (C=O) groups is 3. The summed E-state index contributed by atoms with van der Waals surface area (Å²) >= 11 is 0. The van der Waals surface area contributed by atoms with Crippen LogP contribution in [-0.4, -0.2) is 76.8 Å². The number of anilines is 1. The molecular formula is C20H26N4O5. The Morgan fingerprint density at radius 2 is 1.69 bits per heavy atom. The van der Waals surface area contributed by atoms with Crippen molar-refractivity contribution in [2.75, 3.05) is 37.6 Å². The summed E-state index contributed by atoms with van der Waals surface area (Å²) in [5.74, 6) is -1.93. The van der Waals surface area contributed by atoms with Crippen LogP contribution >= 0.6 is 0 Å². The van der Waals surface area contributed by atoms with Crippen LogP contribution in [0.1, 0.15) is 19.3 Å². The smallest absolute Gasteiger partial charge is 0.408 e. The molecule has 1 aromatic rings. The van der Waals surface area contributed by atoms with Gasteiger partial charge in [-0.3, -0.25) is 19.7 Å². The lowest BCUT2D eigenvalue weighted by Crippen LogP contribution is -2.63. The van der Waals surface area contributed by atoms with E-state index < -0.39 is 24.0 Å². The van der Waals surface area contributed by atoms with Crippen LogP contribution in [0.15, 0.2) is 30.3 Å². The van der Waals surface area contributed by atoms with Crippen molar-refractivity contribution in [3.63, 3.8) is 0 Å². The summed E-state index contributed by atoms with van der Waals surface area (Å²) in [5, 5.41) is 18.9. The SMILES string of the molecule is O=C(NO)[C@H]1CC2(CC2)CN(C(=O)O)[C@@H]1C(=O)N1CCN(c2ccccc2)CC1. The zero-order chi connectivity index (χ0) is 20.6. The van der Waals surface area contributed by atoms with E-state index in [4.69, 9.17) is 0 Å². The summed E-state index contributed by atoms with van der Waals surface area (Å²) < 4.78 is 0. The Bertz CT molecular complexity index is 789. The Balaban J connectivity index is 1.50. The van der Waals surface area contributed by atoms with Gasteiger partial charge in [0.1, 0.15) is 6.04 Å². The second kappa shape index (κ2) is 7.55. The highest BCUT2D eigenvalue weighted by Crippen LogP contribution is 2.55. The number of hydrogen-bond donors (Lipinski definition) is 3. The molecule has 2 heterocycles. The molecule has 0 bridgehead atoms. The number of carboxylic acid groups (broad SMARTS) is 1. The molecule has 2 saturated heterocycles. The van der Waals surface area contributed by atoms with Crippen LogP contribution < -0.4 is 10.4 Å². The lowest BCUT2D eigenvalue weighted by molar-refractivity contribution is -0.150. The van der Waals surface area contributed by atoms with Crippen molar-refractivity contribution >= 4 is 23.6 Å². The van der Waals surface area contributed by atoms with Gasteiger partial charge < -0.3 is 14.9 Å². The highest BCUT2D eigenvalue weighted by atomic mass is 16.5. The summed E-state index contributed by atoms with van der Waals surface area (Å²) in [6, 6.07) is 8.81. The molecule has 3 fully saturated rings. The number of likely N-dealkylation sites (tertiary alicyclic amines) is 1. The molecule has 4 rings (SSSR count). The molecule has 2 atom stereocenters. The van der Waals surface area contributed by atoms with Gasteiger partial charge in [0.25, 0.3) is 0 Å². The fraction of sp³-hybridized carbons (Fsp3) is 0.550. The lowest BCUT2D eigenvalue weighted by atomic mass is 9.80. The van der Waals surface area contributed by atoms with Crippen LogP contribution in [0.2, 0.25) is 0 Å². The van der Waals surface area contributed by atoms with E-state index in [9.17, 15) is 24.7 Å². The third-order valence-corrected chi connectivity index (χ3v) is 6.49. The molecule has 2 aliphatic heterocycles. The molecular weight excluding hydrogens is 376 g/mol. The standard InChI is InChI=1S/C20H26N4O5/c25-17(21-29)15-12-20(6-7-20)13-24(19(27)28)16(15)18(26)23-10-8-22(9-11-23)14-4-2-1-3-5-14/h1-5,15-16,29H,6-13H2,(H,21,25)(H,27,28)/t15-,16-/m0/s1. The molecule has 3 N–H and O–H groups in total. The van der Waals surface area contributed by atoms with Crippen LogP contribution in [0.5, 0.6) is 0 Å². The van der Waals surface area contributed by atoms with Crippen LogP contribution in [-0.2, 0) is 9.59 Å². The first-order chi connectivity index (χ1) is 13.9. The van der Waals surface area contributed by atoms with E-state index in [0.29, 0.717) is 32.6 Å². The second-order valence-corrected chi connectivity index (χ2v) is 8.29. The normalized spacial score (nSPS) is 25.6. The Hall–Kier alpha value is -2.81. The Morgan fingerprint density at radius 3 is 2.24 bits per heavy atom. The molecule has 1 spiro atoms. The summed E-state index contributed by atoms with van der Waals surface area (Å²) in [6.07, 6.45) is 0.891. The molecule has 3 aliphatic rings. The van der Waals surface area contributed by atoms with E-state index in [-0.39, 0.29) is 17.9 Å². The van der Waals surface area contributed by atoms with E-state index in [0.717, 1.165) is 23.4 Å². The third-order valence-electron chi connectivity index (χ3n) is 6.49. The first-order valence-corrected chi connectivity index (χ1v) is 9.96. The van der Waals surface area contributed by atoms with Crippen LogP contribution in [0.3, 0.4) is 0 Å². The maximum Gasteiger partial charge on any atom is 0.408 e. The van der Waals surface area contributed by atoms with Gasteiger partial charge in [-0.25, -0.2) is 10.3 Å². The van der Waals surface area contributed by atoms with Crippen molar-refractivity contribution in [1.29, 1.82) is 0 Å². The fourth-order valence-corrected chi connectivity index (χ4v) is 4.68. The average molecular weight is 402 g/mol. The lowest BCUT2D eigenvalue weighted by Gasteiger charge is -2.45. The largest absolute Gasteiger partial charge is 0.465 e. The number of benzene rings is 1. The van der Waals surface area contributed by atoms with Gasteiger partial charge in [-0.15, -0.1) is 0 Å². The molecule has 1 aromatic carbocycles. The summed E-state index contributed by atoms with van der Waals surface area (Å²) in [4.78, 5) is 42.5. The first kappa shape index (κ1) is 19.5. The quantitative estimate of drug-likeness (QED) is 0.513. The van der Waals surface area contributed by atoms with Crippen LogP contribution in [0.4, 0.5) is 10.5 Å². The van der Waals surface area contributed by atoms with Crippen molar-refractivity contribution in [3.8, 4) is 0 Å². The van der Waals surface area contributed by atoms with Crippen molar-refractivity contribution < 1.29 is 24.7 Å². The van der Waals surface area contributed by atoms with Crippen molar-refractivity contribution in [2.24, 2.45) is 11.3 Å². The summed E-state index contributed by atoms with van der Waals surface area (Å²) in [5.41, 5.74) is 2.48. The van der Waals surface area contributed by atoms with Gasteiger partial charge in [-0.1, -0.05) is 18.2 Å². The number of hydrogen-bond acceptors (Lipinski definition) is 5. The highest BCUT2D eigenvalue weighted by Gasteiger charge is 2.57. The molecule has 1 aliphatic carbocycles. The molecule has 0 unspecified atom stereocenters. The van der Waals surface area contributed by atoms with Gasteiger partial charge in [0.05, 0.1) is 5.92 Å². The molecule has 0 radical (unpaired) electrons. The predicted molar refractivity (Wildman–Crippen MR) is 103 cm³/mol.